The molecule has 4 aromatic carbocycles. The molecule has 11 heteroatoms. The Kier molecular flexibility index (Phi) is 6.13. The number of aromatic hydroxyl groups is 7. The van der Waals surface area contributed by atoms with Crippen molar-refractivity contribution in [3.05, 3.63) is 88.5 Å². The molecule has 0 amide bonds. The molecular weight excluding hydrogens is 536 g/mol. The topological polar surface area (TPSA) is 201 Å². The number of aliphatic hydroxyl groups excluding tert-OH is 2. The van der Waals surface area contributed by atoms with Gasteiger partial charge in [-0.15, -0.1) is 0 Å². The maximum atomic E-state index is 11.7. The summed E-state index contributed by atoms with van der Waals surface area (Å²) in [4.78, 5) is 0. The second-order valence-electron chi connectivity index (χ2n) is 10.2. The van der Waals surface area contributed by atoms with Gasteiger partial charge in [0.1, 0.15) is 52.5 Å². The van der Waals surface area contributed by atoms with Crippen molar-refractivity contribution in [3.63, 3.8) is 0 Å². The molecule has 0 unspecified atom stereocenters. The Morgan fingerprint density at radius 3 is 1.95 bits per heavy atom. The molecule has 212 valence electrons. The monoisotopic (exact) mass is 562 g/mol. The quantitative estimate of drug-likeness (QED) is 0.166. The van der Waals surface area contributed by atoms with Crippen molar-refractivity contribution >= 4 is 0 Å². The van der Waals surface area contributed by atoms with E-state index in [0.717, 1.165) is 12.1 Å². The van der Waals surface area contributed by atoms with E-state index in [2.05, 4.69) is 0 Å². The fourth-order valence-electron chi connectivity index (χ4n) is 5.66. The van der Waals surface area contributed by atoms with E-state index in [0.29, 0.717) is 5.56 Å². The summed E-state index contributed by atoms with van der Waals surface area (Å²) in [6.07, 6.45) is -5.05. The third-order valence-corrected chi connectivity index (χ3v) is 7.57. The maximum absolute atomic E-state index is 11.7. The first-order valence-corrected chi connectivity index (χ1v) is 12.7. The van der Waals surface area contributed by atoms with Crippen molar-refractivity contribution in [2.45, 2.75) is 36.8 Å². The lowest BCUT2D eigenvalue weighted by Gasteiger charge is -2.40. The molecule has 0 fully saturated rings. The van der Waals surface area contributed by atoms with Gasteiger partial charge in [0.15, 0.2) is 17.6 Å². The maximum Gasteiger partial charge on any atom is 0.157 e. The fourth-order valence-corrected chi connectivity index (χ4v) is 5.66. The molecule has 41 heavy (non-hydrogen) atoms. The van der Waals surface area contributed by atoms with E-state index in [9.17, 15) is 46.0 Å². The zero-order valence-electron chi connectivity index (χ0n) is 21.2. The molecule has 11 nitrogen and oxygen atoms in total. The Hall–Kier alpha value is -5.00. The van der Waals surface area contributed by atoms with Crippen molar-refractivity contribution in [2.24, 2.45) is 0 Å². The molecule has 0 saturated carbocycles. The highest BCUT2D eigenvalue weighted by molar-refractivity contribution is 5.65. The van der Waals surface area contributed by atoms with Crippen molar-refractivity contribution in [2.75, 3.05) is 0 Å². The molecule has 2 heterocycles. The van der Waals surface area contributed by atoms with Crippen LogP contribution in [0.5, 0.6) is 51.7 Å². The number of hydrogen-bond acceptors (Lipinski definition) is 11. The Morgan fingerprint density at radius 2 is 1.24 bits per heavy atom. The number of phenols is 7. The number of ether oxygens (including phenoxy) is 2. The lowest BCUT2D eigenvalue weighted by Crippen LogP contribution is -2.36. The van der Waals surface area contributed by atoms with E-state index in [4.69, 9.17) is 9.47 Å². The van der Waals surface area contributed by atoms with E-state index in [-0.39, 0.29) is 63.2 Å². The predicted octanol–water partition coefficient (Wildman–Crippen LogP) is 3.29. The van der Waals surface area contributed by atoms with Crippen LogP contribution in [-0.4, -0.2) is 58.2 Å². The average Bonchev–Trinajstić information content (AvgIpc) is 2.92. The SMILES string of the molecule is Oc1ccc([C@H]2Oc3cc(O)cc(O)c3[C@H](c3c(O)cc(O)c4c3O[C@H](c3ccc(O)c(O)c3)[C@@H](O)C4)[C@@H]2O)cc1. The molecule has 0 bridgehead atoms. The van der Waals surface area contributed by atoms with Gasteiger partial charge in [-0.1, -0.05) is 18.2 Å². The van der Waals surface area contributed by atoms with Gasteiger partial charge in [-0.25, -0.2) is 0 Å². The Morgan fingerprint density at radius 1 is 0.561 bits per heavy atom. The van der Waals surface area contributed by atoms with Gasteiger partial charge in [0.05, 0.1) is 12.0 Å². The van der Waals surface area contributed by atoms with E-state index in [1.807, 2.05) is 0 Å². The van der Waals surface area contributed by atoms with Crippen LogP contribution in [0.3, 0.4) is 0 Å². The third kappa shape index (κ3) is 4.31. The largest absolute Gasteiger partial charge is 0.508 e. The molecule has 4 aromatic rings. The lowest BCUT2D eigenvalue weighted by atomic mass is 9.77. The fraction of sp³-hybridized carbons (Fsp3) is 0.200. The molecule has 6 rings (SSSR count). The summed E-state index contributed by atoms with van der Waals surface area (Å²) in [6.45, 7) is 0. The Labute approximate surface area is 232 Å². The molecule has 0 radical (unpaired) electrons. The van der Waals surface area contributed by atoms with E-state index >= 15 is 0 Å². The first-order chi connectivity index (χ1) is 19.5. The molecule has 2 aliphatic heterocycles. The number of phenolic OH excluding ortho intramolecular Hbond substituents is 7. The van der Waals surface area contributed by atoms with Crippen LogP contribution in [0.15, 0.2) is 60.7 Å². The molecule has 0 aromatic heterocycles. The van der Waals surface area contributed by atoms with Crippen LogP contribution in [0, 0.1) is 0 Å². The van der Waals surface area contributed by atoms with Gasteiger partial charge in [-0.05, 0) is 35.4 Å². The highest BCUT2D eigenvalue weighted by Gasteiger charge is 2.46. The van der Waals surface area contributed by atoms with Gasteiger partial charge in [0, 0.05) is 41.3 Å². The summed E-state index contributed by atoms with van der Waals surface area (Å²) in [5, 5.41) is 95.2. The zero-order valence-corrected chi connectivity index (χ0v) is 21.2. The van der Waals surface area contributed by atoms with Crippen LogP contribution in [0.2, 0.25) is 0 Å². The van der Waals surface area contributed by atoms with Gasteiger partial charge >= 0.3 is 0 Å². The van der Waals surface area contributed by atoms with Crippen LogP contribution in [-0.2, 0) is 6.42 Å². The van der Waals surface area contributed by atoms with Crippen LogP contribution in [0.4, 0.5) is 0 Å². The smallest absolute Gasteiger partial charge is 0.157 e. The van der Waals surface area contributed by atoms with E-state index in [1.54, 1.807) is 0 Å². The highest BCUT2D eigenvalue weighted by Crippen LogP contribution is 2.57. The first-order valence-electron chi connectivity index (χ1n) is 12.7. The zero-order chi connectivity index (χ0) is 29.2. The minimum atomic E-state index is -1.48. The summed E-state index contributed by atoms with van der Waals surface area (Å²) in [5.74, 6) is -3.76. The number of benzene rings is 4. The second kappa shape index (κ2) is 9.58. The summed E-state index contributed by atoms with van der Waals surface area (Å²) >= 11 is 0. The minimum Gasteiger partial charge on any atom is -0.508 e. The van der Waals surface area contributed by atoms with Crippen molar-refractivity contribution < 1.29 is 55.4 Å². The molecule has 0 spiro atoms. The van der Waals surface area contributed by atoms with Crippen LogP contribution >= 0.6 is 0 Å². The molecular formula is C30H26O11. The standard InChI is InChI=1S/C30H26O11/c31-14-4-1-12(2-5-14)29-27(39)26(24-20(36)8-15(32)9-23(24)40-29)25-21(37)11-18(34)16-10-22(38)28(41-30(16)25)13-3-6-17(33)19(35)7-13/h1-9,11,22,26-29,31-39H,10H2/t22-,26+,27-,28+,29+/m0/s1. The first kappa shape index (κ1) is 26.2. The van der Waals surface area contributed by atoms with Gasteiger partial charge in [0.2, 0.25) is 0 Å². The number of rotatable bonds is 3. The van der Waals surface area contributed by atoms with E-state index in [1.165, 1.54) is 48.5 Å². The minimum absolute atomic E-state index is 0.00736. The number of fused-ring (bicyclic) bond motifs is 2. The van der Waals surface area contributed by atoms with Gasteiger partial charge in [-0.2, -0.15) is 0 Å². The molecule has 0 saturated heterocycles. The molecule has 0 aliphatic carbocycles. The number of hydrogen-bond donors (Lipinski definition) is 9. The van der Waals surface area contributed by atoms with Gasteiger partial charge in [-0.3, -0.25) is 0 Å². The molecule has 9 N–H and O–H groups in total. The van der Waals surface area contributed by atoms with Crippen molar-refractivity contribution in [3.8, 4) is 51.7 Å². The van der Waals surface area contributed by atoms with Crippen LogP contribution in [0.1, 0.15) is 45.9 Å². The van der Waals surface area contributed by atoms with Crippen molar-refractivity contribution in [1.82, 2.24) is 0 Å². The second-order valence-corrected chi connectivity index (χ2v) is 10.2. The summed E-state index contributed by atoms with van der Waals surface area (Å²) in [7, 11) is 0. The third-order valence-electron chi connectivity index (χ3n) is 7.57. The van der Waals surface area contributed by atoms with Crippen LogP contribution in [0.25, 0.3) is 0 Å². The Bertz CT molecular complexity index is 1650. The highest BCUT2D eigenvalue weighted by atomic mass is 16.5. The average molecular weight is 563 g/mol. The predicted molar refractivity (Wildman–Crippen MR) is 142 cm³/mol. The number of aliphatic hydroxyl groups is 2. The lowest BCUT2D eigenvalue weighted by molar-refractivity contribution is 0.00122. The van der Waals surface area contributed by atoms with E-state index < -0.39 is 47.6 Å². The van der Waals surface area contributed by atoms with Crippen molar-refractivity contribution in [1.29, 1.82) is 0 Å². The molecule has 5 atom stereocenters. The normalized spacial score (nSPS) is 23.1. The van der Waals surface area contributed by atoms with Crippen LogP contribution < -0.4 is 9.47 Å². The summed E-state index contributed by atoms with van der Waals surface area (Å²) in [5.41, 5.74) is 0.857. The summed E-state index contributed by atoms with van der Waals surface area (Å²) < 4.78 is 12.2. The Balaban J connectivity index is 1.55. The van der Waals surface area contributed by atoms with Gasteiger partial charge in [0.25, 0.3) is 0 Å². The van der Waals surface area contributed by atoms with Gasteiger partial charge < -0.3 is 55.4 Å². The molecule has 2 aliphatic rings. The summed E-state index contributed by atoms with van der Waals surface area (Å²) in [6, 6.07) is 13.1.